The zero-order valence-electron chi connectivity index (χ0n) is 17.5. The Morgan fingerprint density at radius 3 is 2.53 bits per heavy atom. The molecule has 2 heterocycles. The van der Waals surface area contributed by atoms with Gasteiger partial charge in [0.05, 0.1) is 7.11 Å². The van der Waals surface area contributed by atoms with E-state index in [1.54, 1.807) is 7.11 Å². The number of hydrogen-bond donors (Lipinski definition) is 2. The zero-order valence-corrected chi connectivity index (χ0v) is 17.5. The second kappa shape index (κ2) is 7.91. The van der Waals surface area contributed by atoms with Crippen molar-refractivity contribution in [2.75, 3.05) is 17.7 Å². The average molecular weight is 400 g/mol. The number of fused-ring (bicyclic) bond motifs is 1. The number of rotatable bonds is 4. The largest absolute Gasteiger partial charge is 0.496 e. The summed E-state index contributed by atoms with van der Waals surface area (Å²) in [6.45, 7) is 6.06. The molecule has 0 fully saturated rings. The Kier molecular flexibility index (Phi) is 5.14. The molecule has 0 aliphatic carbocycles. The molecule has 0 saturated carbocycles. The highest BCUT2D eigenvalue weighted by Crippen LogP contribution is 2.35. The third kappa shape index (κ3) is 3.72. The van der Waals surface area contributed by atoms with Gasteiger partial charge in [-0.15, -0.1) is 0 Å². The molecule has 2 aromatic carbocycles. The number of benzene rings is 2. The van der Waals surface area contributed by atoms with Crippen LogP contribution in [-0.4, -0.2) is 22.5 Å². The summed E-state index contributed by atoms with van der Waals surface area (Å²) < 4.78 is 7.41. The maximum atomic E-state index is 12.8. The molecule has 2 amide bonds. The van der Waals surface area contributed by atoms with Crippen LogP contribution in [0.4, 0.5) is 16.3 Å². The number of nitrogens with zero attached hydrogens (tertiary/aromatic N) is 2. The van der Waals surface area contributed by atoms with Crippen LogP contribution in [-0.2, 0) is 0 Å². The number of carbonyl (C=O) groups excluding carboxylic acids is 1. The molecule has 0 saturated heterocycles. The number of aryl methyl sites for hydroxylation is 3. The molecule has 0 unspecified atom stereocenters. The van der Waals surface area contributed by atoms with Crippen molar-refractivity contribution >= 4 is 23.2 Å². The average Bonchev–Trinajstić information content (AvgIpc) is 3.08. The topological polar surface area (TPSA) is 67.7 Å². The van der Waals surface area contributed by atoms with Crippen molar-refractivity contribution in [3.8, 4) is 17.0 Å². The number of carbonyl (C=O) groups is 1. The van der Waals surface area contributed by atoms with E-state index in [1.807, 2.05) is 86.0 Å². The highest BCUT2D eigenvalue weighted by molar-refractivity contribution is 6.02. The Bertz CT molecular complexity index is 1240. The van der Waals surface area contributed by atoms with Crippen LogP contribution in [0.2, 0.25) is 0 Å². The number of pyridine rings is 1. The molecule has 0 bridgehead atoms. The van der Waals surface area contributed by atoms with Crippen LogP contribution in [0.25, 0.3) is 16.9 Å². The molecule has 6 heteroatoms. The van der Waals surface area contributed by atoms with Crippen LogP contribution < -0.4 is 15.4 Å². The number of para-hydroxylation sites is 1. The fourth-order valence-corrected chi connectivity index (χ4v) is 3.39. The Morgan fingerprint density at radius 2 is 1.77 bits per heavy atom. The Hall–Kier alpha value is -3.80. The summed E-state index contributed by atoms with van der Waals surface area (Å²) in [6.07, 6.45) is 1.95. The first-order valence-corrected chi connectivity index (χ1v) is 9.73. The summed E-state index contributed by atoms with van der Waals surface area (Å²) in [4.78, 5) is 17.6. The number of anilines is 2. The minimum absolute atomic E-state index is 0.335. The maximum absolute atomic E-state index is 12.8. The van der Waals surface area contributed by atoms with Crippen LogP contribution in [0.5, 0.6) is 5.75 Å². The lowest BCUT2D eigenvalue weighted by atomic mass is 10.1. The normalized spacial score (nSPS) is 10.8. The molecule has 2 N–H and O–H groups in total. The first-order valence-electron chi connectivity index (χ1n) is 9.73. The highest BCUT2D eigenvalue weighted by atomic mass is 16.5. The number of nitrogens with one attached hydrogen (secondary N) is 2. The molecule has 30 heavy (non-hydrogen) atoms. The molecular weight excluding hydrogens is 376 g/mol. The van der Waals surface area contributed by atoms with Crippen molar-refractivity contribution in [2.24, 2.45) is 0 Å². The number of urea groups is 1. The number of ether oxygens (including phenoxy) is 1. The van der Waals surface area contributed by atoms with E-state index in [2.05, 4.69) is 10.6 Å². The third-order valence-electron chi connectivity index (χ3n) is 5.13. The predicted octanol–water partition coefficient (Wildman–Crippen LogP) is 5.58. The first kappa shape index (κ1) is 19.5. The van der Waals surface area contributed by atoms with Gasteiger partial charge in [0.2, 0.25) is 0 Å². The summed E-state index contributed by atoms with van der Waals surface area (Å²) in [5, 5.41) is 5.90. The van der Waals surface area contributed by atoms with Gasteiger partial charge in [0.15, 0.2) is 0 Å². The van der Waals surface area contributed by atoms with Gasteiger partial charge in [-0.25, -0.2) is 9.78 Å². The quantitative estimate of drug-likeness (QED) is 0.470. The van der Waals surface area contributed by atoms with Gasteiger partial charge in [0, 0.05) is 17.4 Å². The smallest absolute Gasteiger partial charge is 0.324 e. The number of hydrogen-bond acceptors (Lipinski definition) is 3. The SMILES string of the molecule is COc1ccccc1-c1nc2ccc(C)cn2c1NC(=O)Nc1ccc(C)c(C)c1. The number of amides is 2. The lowest BCUT2D eigenvalue weighted by Crippen LogP contribution is -2.21. The Balaban J connectivity index is 1.75. The van der Waals surface area contributed by atoms with Gasteiger partial charge in [-0.2, -0.15) is 0 Å². The molecular formula is C24H24N4O2. The summed E-state index contributed by atoms with van der Waals surface area (Å²) in [5.41, 5.74) is 6.28. The number of imidazole rings is 1. The van der Waals surface area contributed by atoms with Crippen molar-refractivity contribution in [3.05, 3.63) is 77.5 Å². The summed E-state index contributed by atoms with van der Waals surface area (Å²) in [5.74, 6) is 1.27. The summed E-state index contributed by atoms with van der Waals surface area (Å²) >= 11 is 0. The molecule has 4 aromatic rings. The fourth-order valence-electron chi connectivity index (χ4n) is 3.39. The van der Waals surface area contributed by atoms with Crippen LogP contribution >= 0.6 is 0 Å². The Morgan fingerprint density at radius 1 is 0.967 bits per heavy atom. The second-order valence-electron chi connectivity index (χ2n) is 7.32. The van der Waals surface area contributed by atoms with Crippen molar-refractivity contribution in [1.29, 1.82) is 0 Å². The van der Waals surface area contributed by atoms with Crippen molar-refractivity contribution in [1.82, 2.24) is 9.38 Å². The monoisotopic (exact) mass is 400 g/mol. The second-order valence-corrected chi connectivity index (χ2v) is 7.32. The van der Waals surface area contributed by atoms with Gasteiger partial charge in [-0.1, -0.05) is 24.3 Å². The summed E-state index contributed by atoms with van der Waals surface area (Å²) in [6, 6.07) is 17.1. The molecule has 6 nitrogen and oxygen atoms in total. The van der Waals surface area contributed by atoms with Crippen LogP contribution in [0.1, 0.15) is 16.7 Å². The van der Waals surface area contributed by atoms with E-state index in [1.165, 1.54) is 5.56 Å². The highest BCUT2D eigenvalue weighted by Gasteiger charge is 2.19. The molecule has 0 atom stereocenters. The lowest BCUT2D eigenvalue weighted by molar-refractivity contribution is 0.262. The van der Waals surface area contributed by atoms with Crippen molar-refractivity contribution < 1.29 is 9.53 Å². The van der Waals surface area contributed by atoms with E-state index in [9.17, 15) is 4.79 Å². The molecule has 4 rings (SSSR count). The summed E-state index contributed by atoms with van der Waals surface area (Å²) in [7, 11) is 1.62. The molecule has 152 valence electrons. The van der Waals surface area contributed by atoms with E-state index in [0.29, 0.717) is 17.3 Å². The molecule has 0 spiro atoms. The standard InChI is InChI=1S/C24H24N4O2/c1-15-9-12-21-26-22(19-7-5-6-8-20(19)30-4)23(28(21)14-15)27-24(29)25-18-11-10-16(2)17(3)13-18/h5-14H,1-4H3,(H2,25,27,29). The third-order valence-corrected chi connectivity index (χ3v) is 5.13. The minimum atomic E-state index is -0.335. The molecule has 0 aliphatic heterocycles. The van der Waals surface area contributed by atoms with E-state index in [0.717, 1.165) is 28.0 Å². The van der Waals surface area contributed by atoms with Gasteiger partial charge in [-0.3, -0.25) is 9.72 Å². The van der Waals surface area contributed by atoms with Gasteiger partial charge in [0.1, 0.15) is 22.9 Å². The predicted molar refractivity (Wildman–Crippen MR) is 120 cm³/mol. The molecule has 0 aliphatic rings. The van der Waals surface area contributed by atoms with Gasteiger partial charge in [-0.05, 0) is 67.8 Å². The van der Waals surface area contributed by atoms with E-state index >= 15 is 0 Å². The van der Waals surface area contributed by atoms with E-state index < -0.39 is 0 Å². The maximum Gasteiger partial charge on any atom is 0.324 e. The van der Waals surface area contributed by atoms with E-state index in [4.69, 9.17) is 9.72 Å². The lowest BCUT2D eigenvalue weighted by Gasteiger charge is -2.12. The fraction of sp³-hybridized carbons (Fsp3) is 0.167. The van der Waals surface area contributed by atoms with Gasteiger partial charge >= 0.3 is 6.03 Å². The molecule has 0 radical (unpaired) electrons. The minimum Gasteiger partial charge on any atom is -0.496 e. The Labute approximate surface area is 175 Å². The van der Waals surface area contributed by atoms with Crippen LogP contribution in [0.15, 0.2) is 60.8 Å². The number of aromatic nitrogens is 2. The first-order chi connectivity index (χ1) is 14.5. The van der Waals surface area contributed by atoms with Crippen LogP contribution in [0, 0.1) is 20.8 Å². The molecule has 2 aromatic heterocycles. The van der Waals surface area contributed by atoms with E-state index in [-0.39, 0.29) is 6.03 Å². The van der Waals surface area contributed by atoms with Gasteiger partial charge < -0.3 is 10.1 Å². The number of methoxy groups -OCH3 is 1. The van der Waals surface area contributed by atoms with Gasteiger partial charge in [0.25, 0.3) is 0 Å². The van der Waals surface area contributed by atoms with Crippen molar-refractivity contribution in [3.63, 3.8) is 0 Å². The zero-order chi connectivity index (χ0) is 21.3. The van der Waals surface area contributed by atoms with Crippen molar-refractivity contribution in [2.45, 2.75) is 20.8 Å². The van der Waals surface area contributed by atoms with Crippen LogP contribution in [0.3, 0.4) is 0 Å².